The van der Waals surface area contributed by atoms with Crippen molar-refractivity contribution in [3.8, 4) is 5.75 Å². The maximum atomic E-state index is 12.5. The van der Waals surface area contributed by atoms with Gasteiger partial charge in [-0.2, -0.15) is 5.01 Å². The minimum atomic E-state index is -0.941. The lowest BCUT2D eigenvalue weighted by Crippen LogP contribution is -2.59. The summed E-state index contributed by atoms with van der Waals surface area (Å²) in [5, 5.41) is 13.5. The topological polar surface area (TPSA) is 98.3 Å². The zero-order valence-corrected chi connectivity index (χ0v) is 14.5. The Kier molecular flexibility index (Phi) is 3.90. The number of nitrogens with one attached hydrogen (secondary N) is 2. The molecule has 8 heteroatoms. The summed E-state index contributed by atoms with van der Waals surface area (Å²) in [6, 6.07) is 11.4. The molecule has 3 N–H and O–H groups in total. The molecular formula is C18H15ClN4O3. The Morgan fingerprint density at radius 3 is 2.77 bits per heavy atom. The molecule has 26 heavy (non-hydrogen) atoms. The molecule has 4 rings (SSSR count). The molecule has 7 nitrogen and oxygen atoms in total. The van der Waals surface area contributed by atoms with Crippen LogP contribution >= 0.6 is 11.6 Å². The maximum absolute atomic E-state index is 12.5. The normalized spacial score (nSPS) is 20.2. The molecule has 1 aliphatic heterocycles. The predicted molar refractivity (Wildman–Crippen MR) is 98.1 cm³/mol. The van der Waals surface area contributed by atoms with Gasteiger partial charge in [0.05, 0.1) is 0 Å². The average molecular weight is 371 g/mol. The van der Waals surface area contributed by atoms with Gasteiger partial charge in [-0.25, -0.2) is 4.98 Å². The van der Waals surface area contributed by atoms with E-state index in [-0.39, 0.29) is 23.0 Å². The molecular weight excluding hydrogens is 356 g/mol. The van der Waals surface area contributed by atoms with Gasteiger partial charge < -0.3 is 5.11 Å². The van der Waals surface area contributed by atoms with Gasteiger partial charge >= 0.3 is 0 Å². The van der Waals surface area contributed by atoms with Crippen LogP contribution in [-0.4, -0.2) is 31.4 Å². The minimum Gasteiger partial charge on any atom is -0.508 e. The van der Waals surface area contributed by atoms with Crippen LogP contribution in [0.25, 0.3) is 10.8 Å². The number of carbonyl (C=O) groups is 1. The van der Waals surface area contributed by atoms with E-state index in [4.69, 9.17) is 11.6 Å². The Morgan fingerprint density at radius 1 is 1.23 bits per heavy atom. The fraction of sp³-hybridized carbons (Fsp3) is 0.167. The van der Waals surface area contributed by atoms with Gasteiger partial charge in [-0.1, -0.05) is 41.9 Å². The first-order valence-electron chi connectivity index (χ1n) is 7.97. The van der Waals surface area contributed by atoms with Crippen molar-refractivity contribution < 1.29 is 9.90 Å². The van der Waals surface area contributed by atoms with E-state index in [1.165, 1.54) is 11.1 Å². The second kappa shape index (κ2) is 6.12. The van der Waals surface area contributed by atoms with Gasteiger partial charge in [-0.3, -0.25) is 20.0 Å². The Labute approximate surface area is 153 Å². The zero-order chi connectivity index (χ0) is 18.4. The molecule has 2 heterocycles. The van der Waals surface area contributed by atoms with Gasteiger partial charge in [-0.05, 0) is 23.8 Å². The number of aromatic amines is 1. The van der Waals surface area contributed by atoms with Crippen LogP contribution in [0, 0.1) is 6.92 Å². The number of aromatic hydroxyl groups is 1. The second-order valence-corrected chi connectivity index (χ2v) is 6.53. The number of H-pyrrole nitrogens is 1. The highest BCUT2D eigenvalue weighted by Crippen LogP contribution is 2.43. The third-order valence-corrected chi connectivity index (χ3v) is 4.78. The quantitative estimate of drug-likeness (QED) is 0.484. The van der Waals surface area contributed by atoms with Crippen molar-refractivity contribution in [1.29, 1.82) is 0 Å². The number of rotatable bonds is 3. The van der Waals surface area contributed by atoms with Crippen LogP contribution < -0.4 is 11.0 Å². The number of phenolic OH excluding ortho intramolecular Hbond substituents is 1. The van der Waals surface area contributed by atoms with Crippen molar-refractivity contribution in [3.05, 3.63) is 64.1 Å². The van der Waals surface area contributed by atoms with E-state index in [9.17, 15) is 14.7 Å². The number of aromatic nitrogens is 2. The molecule has 2 atom stereocenters. The third-order valence-electron chi connectivity index (χ3n) is 4.35. The van der Waals surface area contributed by atoms with E-state index in [1.54, 1.807) is 19.1 Å². The molecule has 3 aromatic rings. The summed E-state index contributed by atoms with van der Waals surface area (Å²) in [5.41, 5.74) is 2.62. The number of fused-ring (bicyclic) bond motifs is 1. The number of anilines is 1. The summed E-state index contributed by atoms with van der Waals surface area (Å²) in [5.74, 6) is -0.0678. The van der Waals surface area contributed by atoms with E-state index in [0.717, 1.165) is 10.8 Å². The van der Waals surface area contributed by atoms with Crippen molar-refractivity contribution in [2.45, 2.75) is 18.5 Å². The summed E-state index contributed by atoms with van der Waals surface area (Å²) < 4.78 is 0. The summed E-state index contributed by atoms with van der Waals surface area (Å²) in [6.07, 6.45) is 0. The highest BCUT2D eigenvalue weighted by atomic mass is 35.5. The lowest BCUT2D eigenvalue weighted by atomic mass is 9.90. The van der Waals surface area contributed by atoms with Gasteiger partial charge in [-0.15, -0.1) is 0 Å². The lowest BCUT2D eigenvalue weighted by molar-refractivity contribution is -0.137. The fourth-order valence-electron chi connectivity index (χ4n) is 3.18. The monoisotopic (exact) mass is 370 g/mol. The van der Waals surface area contributed by atoms with Gasteiger partial charge in [0.1, 0.15) is 11.8 Å². The number of hydrogen-bond acceptors (Lipinski definition) is 6. The number of hydrazine groups is 1. The molecule has 2 aromatic carbocycles. The Hall–Kier alpha value is -2.90. The van der Waals surface area contributed by atoms with Crippen LogP contribution in [0.4, 0.5) is 5.95 Å². The van der Waals surface area contributed by atoms with Crippen LogP contribution in [0.15, 0.2) is 47.3 Å². The molecule has 0 unspecified atom stereocenters. The molecule has 0 aliphatic carbocycles. The van der Waals surface area contributed by atoms with E-state index < -0.39 is 11.5 Å². The number of phenols is 1. The first-order chi connectivity index (χ1) is 12.5. The largest absolute Gasteiger partial charge is 0.508 e. The van der Waals surface area contributed by atoms with E-state index >= 15 is 0 Å². The smallest absolute Gasteiger partial charge is 0.252 e. The molecule has 0 spiro atoms. The molecule has 0 radical (unpaired) electrons. The van der Waals surface area contributed by atoms with Crippen molar-refractivity contribution in [1.82, 2.24) is 15.0 Å². The van der Waals surface area contributed by atoms with Crippen LogP contribution in [-0.2, 0) is 4.79 Å². The number of nitrogens with zero attached hydrogens (tertiary/aromatic N) is 2. The summed E-state index contributed by atoms with van der Waals surface area (Å²) in [7, 11) is 0. The lowest BCUT2D eigenvalue weighted by Gasteiger charge is -2.43. The van der Waals surface area contributed by atoms with E-state index in [2.05, 4.69) is 15.4 Å². The van der Waals surface area contributed by atoms with E-state index in [0.29, 0.717) is 11.3 Å². The first kappa shape index (κ1) is 16.6. The van der Waals surface area contributed by atoms with E-state index in [1.807, 2.05) is 24.3 Å². The number of alkyl halides is 1. The molecule has 1 fully saturated rings. The average Bonchev–Trinajstić information content (AvgIpc) is 2.62. The Bertz CT molecular complexity index is 1080. The van der Waals surface area contributed by atoms with Gasteiger partial charge in [0.25, 0.3) is 5.56 Å². The zero-order valence-electron chi connectivity index (χ0n) is 13.7. The van der Waals surface area contributed by atoms with Crippen LogP contribution in [0.3, 0.4) is 0 Å². The van der Waals surface area contributed by atoms with Gasteiger partial charge in [0.2, 0.25) is 5.95 Å². The predicted octanol–water partition coefficient (Wildman–Crippen LogP) is 2.45. The second-order valence-electron chi connectivity index (χ2n) is 6.11. The maximum Gasteiger partial charge on any atom is 0.252 e. The van der Waals surface area contributed by atoms with Crippen LogP contribution in [0.2, 0.25) is 0 Å². The van der Waals surface area contributed by atoms with Crippen molar-refractivity contribution in [3.63, 3.8) is 0 Å². The number of halogens is 1. The number of aryl methyl sites for hydroxylation is 1. The Morgan fingerprint density at radius 2 is 2.00 bits per heavy atom. The summed E-state index contributed by atoms with van der Waals surface area (Å²) in [4.78, 5) is 30.8. The van der Waals surface area contributed by atoms with Gasteiger partial charge in [0, 0.05) is 17.3 Å². The standard InChI is InChI=1S/C18H15ClN4O3/c1-9-8-13(25)21-18(20-9)22-23-15(16(26)17(23)19)14-11-5-3-2-4-10(11)6-7-12(14)24/h2-8,15,17,24H,1H3,(H2,20,21,22,25)/t15-,17+/m1/s1. The number of carbonyl (C=O) groups excluding carboxylic acids is 1. The molecule has 0 saturated carbocycles. The van der Waals surface area contributed by atoms with Crippen molar-refractivity contribution >= 4 is 34.1 Å². The first-order valence-corrected chi connectivity index (χ1v) is 8.41. The molecule has 1 saturated heterocycles. The molecule has 1 aromatic heterocycles. The molecule has 0 amide bonds. The molecule has 1 aliphatic rings. The number of ketones is 1. The third kappa shape index (κ3) is 2.61. The summed E-state index contributed by atoms with van der Waals surface area (Å²) in [6.45, 7) is 1.69. The van der Waals surface area contributed by atoms with Gasteiger partial charge in [0.15, 0.2) is 11.3 Å². The fourth-order valence-corrected chi connectivity index (χ4v) is 3.46. The highest BCUT2D eigenvalue weighted by molar-refractivity contribution is 6.34. The van der Waals surface area contributed by atoms with Crippen LogP contribution in [0.5, 0.6) is 5.75 Å². The van der Waals surface area contributed by atoms with Crippen molar-refractivity contribution in [2.75, 3.05) is 5.43 Å². The van der Waals surface area contributed by atoms with Crippen LogP contribution in [0.1, 0.15) is 17.3 Å². The number of Topliss-reactive ketones (excluding diaryl/α,β-unsaturated/α-hetero) is 1. The summed E-state index contributed by atoms with van der Waals surface area (Å²) >= 11 is 6.16. The Balaban J connectivity index is 1.77. The highest BCUT2D eigenvalue weighted by Gasteiger charge is 2.49. The molecule has 132 valence electrons. The minimum absolute atomic E-state index is 0.00288. The van der Waals surface area contributed by atoms with Crippen molar-refractivity contribution in [2.24, 2.45) is 0 Å². The molecule has 0 bridgehead atoms. The number of benzene rings is 2. The number of hydrogen-bond donors (Lipinski definition) is 3. The SMILES string of the molecule is Cc1cc(=O)[nH]c(NN2[C@H](Cl)C(=O)[C@H]2c2c(O)ccc3ccccc23)n1.